The van der Waals surface area contributed by atoms with Crippen molar-refractivity contribution >= 4 is 43.8 Å². The molecule has 0 aliphatic rings. The van der Waals surface area contributed by atoms with Crippen molar-refractivity contribution in [3.63, 3.8) is 0 Å². The molecule has 0 saturated heterocycles. The number of hydrogen-bond donors (Lipinski definition) is 5. The molecule has 2 heterocycles. The Hall–Kier alpha value is -5.90. The lowest BCUT2D eigenvalue weighted by molar-refractivity contribution is -0.198. The van der Waals surface area contributed by atoms with Gasteiger partial charge in [-0.05, 0) is 61.4 Å². The van der Waals surface area contributed by atoms with Gasteiger partial charge in [-0.3, -0.25) is 13.9 Å². The predicted octanol–water partition coefficient (Wildman–Crippen LogP) is 6.38. The van der Waals surface area contributed by atoms with Crippen LogP contribution in [-0.2, 0) is 31.5 Å². The summed E-state index contributed by atoms with van der Waals surface area (Å²) >= 11 is 6.08. The van der Waals surface area contributed by atoms with Gasteiger partial charge >= 0.3 is 12.1 Å². The number of carboxylic acid groups (broad SMARTS) is 1. The van der Waals surface area contributed by atoms with Gasteiger partial charge in [0.15, 0.2) is 0 Å². The van der Waals surface area contributed by atoms with Crippen LogP contribution >= 0.6 is 11.6 Å². The highest BCUT2D eigenvalue weighted by atomic mass is 35.5. The highest BCUT2D eigenvalue weighted by Crippen LogP contribution is 2.40. The van der Waals surface area contributed by atoms with Crippen LogP contribution in [0, 0.1) is 6.92 Å². The number of aliphatic carboxylic acids is 1. The molecule has 0 fully saturated rings. The van der Waals surface area contributed by atoms with Crippen LogP contribution in [0.25, 0.3) is 16.9 Å². The number of nitrogen functional groups attached to an aromatic ring is 1. The van der Waals surface area contributed by atoms with Crippen molar-refractivity contribution in [3.8, 4) is 22.8 Å². The first-order chi connectivity index (χ1) is 27.1. The van der Waals surface area contributed by atoms with Crippen molar-refractivity contribution in [2.45, 2.75) is 41.5 Å². The molecule has 6 rings (SSSR count). The van der Waals surface area contributed by atoms with Crippen LogP contribution < -0.4 is 16.2 Å². The maximum absolute atomic E-state index is 14.3. The van der Waals surface area contributed by atoms with Crippen LogP contribution in [0.2, 0.25) is 5.02 Å². The number of aryl methyl sites for hydroxylation is 1. The van der Waals surface area contributed by atoms with E-state index in [-0.39, 0.29) is 44.1 Å². The van der Waals surface area contributed by atoms with Gasteiger partial charge in [0, 0.05) is 28.4 Å². The Balaban J connectivity index is 0.000000301. The van der Waals surface area contributed by atoms with E-state index in [0.717, 1.165) is 0 Å². The Labute approximate surface area is 335 Å². The fraction of sp³-hybridized carbons (Fsp3) is 0.135. The number of nitrogens with zero attached hydrogens (tertiary/aromatic N) is 4. The molecule has 0 radical (unpaired) electrons. The Kier molecular flexibility index (Phi) is 14.7. The van der Waals surface area contributed by atoms with Crippen molar-refractivity contribution in [1.82, 2.24) is 19.7 Å². The first-order valence-electron chi connectivity index (χ1n) is 16.4. The Morgan fingerprint density at radius 3 is 1.84 bits per heavy atom. The SMILES string of the molecule is Cc1ccn(-c2cc(Cl)ccc2[C@@H](Oc2cc(-c3ccc(C[C@H](N)C(=O)O)cc3)nc(N)n2)C(F)(F)F)n1.O=S(=O)(O)c1ccccc1.O=S(=O)(O)c1ccccc1. The van der Waals surface area contributed by atoms with E-state index in [0.29, 0.717) is 16.8 Å². The molecule has 7 N–H and O–H groups in total. The summed E-state index contributed by atoms with van der Waals surface area (Å²) in [6.45, 7) is 1.71. The second-order valence-corrected chi connectivity index (χ2v) is 15.3. The fourth-order valence-corrected chi connectivity index (χ4v) is 6.07. The van der Waals surface area contributed by atoms with Crippen LogP contribution in [0.15, 0.2) is 131 Å². The summed E-state index contributed by atoms with van der Waals surface area (Å²) in [5, 5.41) is 13.4. The zero-order valence-corrected chi connectivity index (χ0v) is 32.4. The molecule has 0 amide bonds. The van der Waals surface area contributed by atoms with Crippen LogP contribution in [0.4, 0.5) is 19.1 Å². The van der Waals surface area contributed by atoms with Crippen LogP contribution in [0.3, 0.4) is 0 Å². The Morgan fingerprint density at radius 1 is 0.845 bits per heavy atom. The van der Waals surface area contributed by atoms with Crippen LogP contribution in [-0.4, -0.2) is 69.0 Å². The van der Waals surface area contributed by atoms with Gasteiger partial charge in [0.1, 0.15) is 6.04 Å². The molecule has 58 heavy (non-hydrogen) atoms. The molecule has 0 unspecified atom stereocenters. The molecule has 2 atom stereocenters. The molecular formula is C37H34ClF3N6O9S2. The van der Waals surface area contributed by atoms with E-state index in [1.165, 1.54) is 59.4 Å². The summed E-state index contributed by atoms with van der Waals surface area (Å²) in [4.78, 5) is 18.8. The quantitative estimate of drug-likeness (QED) is 0.0938. The highest BCUT2D eigenvalue weighted by Gasteiger charge is 2.45. The minimum atomic E-state index is -4.84. The summed E-state index contributed by atoms with van der Waals surface area (Å²) in [6.07, 6.45) is -5.65. The van der Waals surface area contributed by atoms with Crippen molar-refractivity contribution < 1.29 is 53.8 Å². The van der Waals surface area contributed by atoms with Crippen LogP contribution in [0.5, 0.6) is 5.88 Å². The largest absolute Gasteiger partial charge is 0.480 e. The van der Waals surface area contributed by atoms with Gasteiger partial charge < -0.3 is 21.3 Å². The maximum Gasteiger partial charge on any atom is 0.429 e. The minimum absolute atomic E-state index is 0.0741. The van der Waals surface area contributed by atoms with Gasteiger partial charge in [0.25, 0.3) is 20.2 Å². The van der Waals surface area contributed by atoms with Gasteiger partial charge in [0.2, 0.25) is 17.9 Å². The van der Waals surface area contributed by atoms with Gasteiger partial charge in [-0.15, -0.1) is 0 Å². The first kappa shape index (κ1) is 44.8. The lowest BCUT2D eigenvalue weighted by Crippen LogP contribution is -2.32. The van der Waals surface area contributed by atoms with E-state index in [1.807, 2.05) is 0 Å². The summed E-state index contributed by atoms with van der Waals surface area (Å²) in [5.41, 5.74) is 13.2. The number of rotatable bonds is 10. The number of halogens is 4. The molecule has 306 valence electrons. The highest BCUT2D eigenvalue weighted by molar-refractivity contribution is 7.86. The third-order valence-electron chi connectivity index (χ3n) is 7.60. The standard InChI is InChI=1S/C25H22ClF3N6O3.2C6H6O3S/c1-13-8-9-35(34-13)20-11-16(26)6-7-17(20)22(25(27,28)29)38-21-12-19(32-24(31)33-21)15-4-2-14(3-5-15)10-18(30)23(36)37;2*7-10(8,9)6-4-2-1-3-5-6/h2-9,11-12,18,22H,10,30H2,1H3,(H,36,37)(H2,31,32,33);2*1-5H,(H,7,8,9)/t18-,22+;;/m0../s1. The van der Waals surface area contributed by atoms with Crippen molar-refractivity contribution in [1.29, 1.82) is 0 Å². The molecule has 21 heteroatoms. The normalized spacial score (nSPS) is 12.6. The fourth-order valence-electron chi connectivity index (χ4n) is 4.90. The van der Waals surface area contributed by atoms with Crippen molar-refractivity contribution in [2.24, 2.45) is 5.73 Å². The predicted molar refractivity (Wildman–Crippen MR) is 206 cm³/mol. The molecule has 4 aromatic carbocycles. The zero-order valence-electron chi connectivity index (χ0n) is 30.0. The third-order valence-corrected chi connectivity index (χ3v) is 9.58. The number of nitrogens with two attached hydrogens (primary N) is 2. The number of carbonyl (C=O) groups is 1. The van der Waals surface area contributed by atoms with Gasteiger partial charge in [-0.1, -0.05) is 78.3 Å². The average Bonchev–Trinajstić information content (AvgIpc) is 3.60. The molecule has 0 bridgehead atoms. The number of alkyl halides is 3. The zero-order chi connectivity index (χ0) is 42.8. The summed E-state index contributed by atoms with van der Waals surface area (Å²) in [6, 6.07) is 27.1. The summed E-state index contributed by atoms with van der Waals surface area (Å²) in [7, 11) is -8.01. The second-order valence-electron chi connectivity index (χ2n) is 12.0. The smallest absolute Gasteiger partial charge is 0.429 e. The first-order valence-corrected chi connectivity index (χ1v) is 19.7. The number of hydrogen-bond acceptors (Lipinski definition) is 11. The number of carboxylic acids is 1. The molecule has 2 aromatic heterocycles. The van der Waals surface area contributed by atoms with E-state index in [9.17, 15) is 34.8 Å². The van der Waals surface area contributed by atoms with Crippen molar-refractivity contribution in [3.05, 3.63) is 143 Å². The Morgan fingerprint density at radius 2 is 1.40 bits per heavy atom. The molecule has 0 spiro atoms. The lowest BCUT2D eigenvalue weighted by atomic mass is 10.0. The molecule has 0 aliphatic carbocycles. The summed E-state index contributed by atoms with van der Waals surface area (Å²) < 4.78 is 108. The van der Waals surface area contributed by atoms with E-state index in [2.05, 4.69) is 15.1 Å². The number of benzene rings is 4. The molecule has 0 aliphatic heterocycles. The molecule has 15 nitrogen and oxygen atoms in total. The lowest BCUT2D eigenvalue weighted by Gasteiger charge is -2.24. The number of aromatic nitrogens is 4. The third kappa shape index (κ3) is 13.1. The Bertz CT molecular complexity index is 2480. The van der Waals surface area contributed by atoms with Crippen LogP contribution in [0.1, 0.15) is 22.9 Å². The maximum atomic E-state index is 14.3. The number of anilines is 1. The monoisotopic (exact) mass is 862 g/mol. The van der Waals surface area contributed by atoms with E-state index < -0.39 is 50.4 Å². The van der Waals surface area contributed by atoms with Crippen molar-refractivity contribution in [2.75, 3.05) is 5.73 Å². The van der Waals surface area contributed by atoms with Gasteiger partial charge in [-0.25, -0.2) is 9.67 Å². The van der Waals surface area contributed by atoms with Gasteiger partial charge in [-0.2, -0.15) is 40.1 Å². The van der Waals surface area contributed by atoms with E-state index >= 15 is 0 Å². The molecule has 6 aromatic rings. The van der Waals surface area contributed by atoms with Gasteiger partial charge in [0.05, 0.1) is 26.9 Å². The number of ether oxygens (including phenoxy) is 1. The van der Waals surface area contributed by atoms with E-state index in [4.69, 9.17) is 42.0 Å². The topological polar surface area (TPSA) is 251 Å². The minimum Gasteiger partial charge on any atom is -0.480 e. The average molecular weight is 863 g/mol. The van der Waals surface area contributed by atoms with E-state index in [1.54, 1.807) is 73.7 Å². The summed E-state index contributed by atoms with van der Waals surface area (Å²) in [5.74, 6) is -1.83. The molecule has 0 saturated carbocycles. The molecular weight excluding hydrogens is 829 g/mol. The second kappa shape index (κ2) is 19.0.